The minimum atomic E-state index is -4.47. The first-order valence-electron chi connectivity index (χ1n) is 7.84. The molecule has 1 aromatic rings. The molecule has 0 spiro atoms. The van der Waals surface area contributed by atoms with Crippen molar-refractivity contribution in [2.24, 2.45) is 0 Å². The fraction of sp³-hybridized carbons (Fsp3) is 0.562. The van der Waals surface area contributed by atoms with Crippen molar-refractivity contribution in [3.8, 4) is 6.07 Å². The first-order valence-corrected chi connectivity index (χ1v) is 9.77. The monoisotopic (exact) mass is 361 g/mol. The zero-order chi connectivity index (χ0) is 18.2. The lowest BCUT2D eigenvalue weighted by molar-refractivity contribution is -0.137. The van der Waals surface area contributed by atoms with Gasteiger partial charge in [0.15, 0.2) is 0 Å². The number of aryl methyl sites for hydroxylation is 1. The van der Waals surface area contributed by atoms with Crippen LogP contribution in [0.15, 0.2) is 18.2 Å². The van der Waals surface area contributed by atoms with E-state index in [4.69, 9.17) is 18.5 Å². The van der Waals surface area contributed by atoms with E-state index < -0.39 is 20.5 Å². The van der Waals surface area contributed by atoms with E-state index >= 15 is 0 Å². The Morgan fingerprint density at radius 2 is 1.58 bits per heavy atom. The normalized spacial score (nSPS) is 12.2. The number of nitrogens with zero attached hydrogens (tertiary/aromatic N) is 1. The summed E-state index contributed by atoms with van der Waals surface area (Å²) in [5, 5.41) is 9.15. The molecule has 0 amide bonds. The van der Waals surface area contributed by atoms with Gasteiger partial charge in [0.2, 0.25) is 0 Å². The zero-order valence-electron chi connectivity index (χ0n) is 14.1. The van der Waals surface area contributed by atoms with Crippen molar-refractivity contribution in [1.82, 2.24) is 0 Å². The highest BCUT2D eigenvalue weighted by Gasteiger charge is 2.40. The molecule has 0 aliphatic rings. The Morgan fingerprint density at radius 3 is 2.00 bits per heavy atom. The van der Waals surface area contributed by atoms with Gasteiger partial charge in [0.25, 0.3) is 0 Å². The highest BCUT2D eigenvalue weighted by molar-refractivity contribution is 6.60. The van der Waals surface area contributed by atoms with Crippen molar-refractivity contribution >= 4 is 8.80 Å². The van der Waals surface area contributed by atoms with E-state index in [0.29, 0.717) is 37.8 Å². The molecular formula is C16H22F3NO3Si. The summed E-state index contributed by atoms with van der Waals surface area (Å²) >= 11 is 0. The molecular weight excluding hydrogens is 339 g/mol. The van der Waals surface area contributed by atoms with E-state index in [1.165, 1.54) is 6.07 Å². The number of rotatable bonds is 9. The third-order valence-corrected chi connectivity index (χ3v) is 6.40. The van der Waals surface area contributed by atoms with Crippen LogP contribution in [0.25, 0.3) is 0 Å². The van der Waals surface area contributed by atoms with E-state index in [0.717, 1.165) is 12.1 Å². The molecule has 0 aromatic heterocycles. The van der Waals surface area contributed by atoms with E-state index in [9.17, 15) is 13.2 Å². The molecule has 0 saturated carbocycles. The smallest absolute Gasteiger partial charge is 0.374 e. The van der Waals surface area contributed by atoms with Crippen LogP contribution in [-0.2, 0) is 25.9 Å². The standard InChI is InChI=1S/C16H22F3NO3Si/c1-4-21-24(22-5-2,23-6-3)10-9-13-7-8-15(16(17,18)19)11-14(13)12-20/h7-8,11H,4-6,9-10H2,1-3H3. The molecule has 0 aliphatic carbocycles. The molecule has 0 fully saturated rings. The minimum absolute atomic E-state index is 0.0113. The van der Waals surface area contributed by atoms with Crippen LogP contribution in [0, 0.1) is 11.3 Å². The number of hydrogen-bond donors (Lipinski definition) is 0. The van der Waals surface area contributed by atoms with Gasteiger partial charge < -0.3 is 13.3 Å². The van der Waals surface area contributed by atoms with E-state index in [-0.39, 0.29) is 5.56 Å². The van der Waals surface area contributed by atoms with Crippen molar-refractivity contribution in [2.45, 2.75) is 39.4 Å². The van der Waals surface area contributed by atoms with Gasteiger partial charge >= 0.3 is 15.0 Å². The average Bonchev–Trinajstić information content (AvgIpc) is 2.52. The summed E-state index contributed by atoms with van der Waals surface area (Å²) in [5.41, 5.74) is -0.288. The van der Waals surface area contributed by atoms with Crippen LogP contribution in [0.3, 0.4) is 0 Å². The van der Waals surface area contributed by atoms with Gasteiger partial charge in [-0.05, 0) is 44.9 Å². The second kappa shape index (κ2) is 9.18. The van der Waals surface area contributed by atoms with Crippen molar-refractivity contribution in [1.29, 1.82) is 5.26 Å². The summed E-state index contributed by atoms with van der Waals surface area (Å²) in [4.78, 5) is 0. The van der Waals surface area contributed by atoms with Gasteiger partial charge in [-0.3, -0.25) is 0 Å². The average molecular weight is 361 g/mol. The van der Waals surface area contributed by atoms with E-state index in [1.54, 1.807) is 0 Å². The Labute approximate surface area is 141 Å². The molecule has 0 bridgehead atoms. The largest absolute Gasteiger partial charge is 0.501 e. The summed E-state index contributed by atoms with van der Waals surface area (Å²) in [6.45, 7) is 6.76. The van der Waals surface area contributed by atoms with Gasteiger partial charge in [0.05, 0.1) is 17.2 Å². The Hall–Kier alpha value is -1.40. The number of benzene rings is 1. The topological polar surface area (TPSA) is 51.5 Å². The molecule has 1 aromatic carbocycles. The van der Waals surface area contributed by atoms with Gasteiger partial charge in [0.1, 0.15) is 0 Å². The predicted octanol–water partition coefficient (Wildman–Crippen LogP) is 4.17. The maximum absolute atomic E-state index is 12.7. The summed E-state index contributed by atoms with van der Waals surface area (Å²) in [6, 6.07) is 5.44. The fourth-order valence-corrected chi connectivity index (χ4v) is 4.94. The van der Waals surface area contributed by atoms with Gasteiger partial charge in [-0.25, -0.2) is 0 Å². The molecule has 0 atom stereocenters. The van der Waals surface area contributed by atoms with Crippen LogP contribution in [0.4, 0.5) is 13.2 Å². The van der Waals surface area contributed by atoms with Crippen LogP contribution < -0.4 is 0 Å². The molecule has 0 aliphatic heterocycles. The van der Waals surface area contributed by atoms with Crippen molar-refractivity contribution < 1.29 is 26.4 Å². The molecule has 0 N–H and O–H groups in total. The van der Waals surface area contributed by atoms with Crippen molar-refractivity contribution in [2.75, 3.05) is 19.8 Å². The lowest BCUT2D eigenvalue weighted by Crippen LogP contribution is -2.46. The van der Waals surface area contributed by atoms with E-state index in [2.05, 4.69) is 0 Å². The molecule has 134 valence electrons. The van der Waals surface area contributed by atoms with Crippen LogP contribution in [0.1, 0.15) is 37.5 Å². The Kier molecular flexibility index (Phi) is 7.89. The molecule has 0 heterocycles. The number of hydrogen-bond acceptors (Lipinski definition) is 4. The highest BCUT2D eigenvalue weighted by Crippen LogP contribution is 2.31. The lowest BCUT2D eigenvalue weighted by Gasteiger charge is -2.28. The Balaban J connectivity index is 3.00. The maximum Gasteiger partial charge on any atom is 0.501 e. The summed E-state index contributed by atoms with van der Waals surface area (Å²) in [5.74, 6) is 0. The number of alkyl halides is 3. The molecule has 4 nitrogen and oxygen atoms in total. The second-order valence-corrected chi connectivity index (χ2v) is 7.70. The lowest BCUT2D eigenvalue weighted by atomic mass is 10.0. The Morgan fingerprint density at radius 1 is 1.04 bits per heavy atom. The first kappa shape index (κ1) is 20.6. The zero-order valence-corrected chi connectivity index (χ0v) is 15.1. The van der Waals surface area contributed by atoms with E-state index in [1.807, 2.05) is 26.8 Å². The van der Waals surface area contributed by atoms with Crippen LogP contribution in [0.2, 0.25) is 6.04 Å². The fourth-order valence-electron chi connectivity index (χ4n) is 2.36. The molecule has 0 unspecified atom stereocenters. The molecule has 0 saturated heterocycles. The van der Waals surface area contributed by atoms with Gasteiger partial charge in [0, 0.05) is 25.9 Å². The molecule has 1 rings (SSSR count). The molecule has 24 heavy (non-hydrogen) atoms. The first-order chi connectivity index (χ1) is 11.3. The SMILES string of the molecule is CCO[Si](CCc1ccc(C(F)(F)F)cc1C#N)(OCC)OCC. The molecule has 8 heteroatoms. The summed E-state index contributed by atoms with van der Waals surface area (Å²) < 4.78 is 55.4. The van der Waals surface area contributed by atoms with Gasteiger partial charge in [-0.2, -0.15) is 18.4 Å². The van der Waals surface area contributed by atoms with Crippen molar-refractivity contribution in [3.63, 3.8) is 0 Å². The summed E-state index contributed by atoms with van der Waals surface area (Å²) in [7, 11) is -2.90. The Bertz CT molecular complexity index is 556. The quantitative estimate of drug-likeness (QED) is 0.620. The second-order valence-electron chi connectivity index (χ2n) is 4.96. The van der Waals surface area contributed by atoms with Crippen molar-refractivity contribution in [3.05, 3.63) is 34.9 Å². The highest BCUT2D eigenvalue weighted by atomic mass is 28.4. The minimum Gasteiger partial charge on any atom is -0.374 e. The third-order valence-electron chi connectivity index (χ3n) is 3.35. The van der Waals surface area contributed by atoms with Crippen LogP contribution in [0.5, 0.6) is 0 Å². The predicted molar refractivity (Wildman–Crippen MR) is 85.3 cm³/mol. The van der Waals surface area contributed by atoms with Crippen LogP contribution in [-0.4, -0.2) is 28.6 Å². The molecule has 0 radical (unpaired) electrons. The number of halogens is 3. The summed E-state index contributed by atoms with van der Waals surface area (Å²) in [6.07, 6.45) is -4.11. The number of nitriles is 1. The maximum atomic E-state index is 12.7. The third kappa shape index (κ3) is 5.60. The van der Waals surface area contributed by atoms with Gasteiger partial charge in [-0.15, -0.1) is 0 Å². The van der Waals surface area contributed by atoms with Gasteiger partial charge in [-0.1, -0.05) is 6.07 Å². The van der Waals surface area contributed by atoms with Crippen LogP contribution >= 0.6 is 0 Å².